The number of rotatable bonds is 2. The van der Waals surface area contributed by atoms with Crippen LogP contribution >= 0.6 is 0 Å². The Balaban J connectivity index is 1.76. The number of nitrogens with zero attached hydrogens (tertiary/aromatic N) is 3. The summed E-state index contributed by atoms with van der Waals surface area (Å²) >= 11 is 0. The summed E-state index contributed by atoms with van der Waals surface area (Å²) < 4.78 is 26.1. The van der Waals surface area contributed by atoms with Crippen molar-refractivity contribution in [1.82, 2.24) is 19.3 Å². The first-order valence-corrected chi connectivity index (χ1v) is 9.66. The number of sulfone groups is 1. The van der Waals surface area contributed by atoms with Gasteiger partial charge in [-0.25, -0.2) is 13.4 Å². The van der Waals surface area contributed by atoms with Gasteiger partial charge in [-0.2, -0.15) is 0 Å². The molecule has 0 aromatic carbocycles. The van der Waals surface area contributed by atoms with E-state index in [1.54, 1.807) is 36.0 Å². The number of hydrogen-bond acceptors (Lipinski definition) is 5. The zero-order valence-electron chi connectivity index (χ0n) is 13.5. The molecule has 1 N–H and O–H groups in total. The van der Waals surface area contributed by atoms with Crippen molar-refractivity contribution >= 4 is 32.4 Å². The summed E-state index contributed by atoms with van der Waals surface area (Å²) in [5, 5.41) is 3.08. The van der Waals surface area contributed by atoms with Crippen molar-refractivity contribution in [2.45, 2.75) is 12.5 Å². The van der Waals surface area contributed by atoms with Gasteiger partial charge in [-0.05, 0) is 24.6 Å². The van der Waals surface area contributed by atoms with Crippen LogP contribution in [0.15, 0.2) is 35.3 Å². The molecule has 1 unspecified atom stereocenters. The lowest BCUT2D eigenvalue weighted by molar-refractivity contribution is 0.0933. The Morgan fingerprint density at radius 3 is 2.88 bits per heavy atom. The molecule has 0 bridgehead atoms. The molecule has 1 aliphatic rings. The van der Waals surface area contributed by atoms with Crippen LogP contribution in [-0.2, 0) is 16.9 Å². The molecule has 0 saturated carbocycles. The Bertz CT molecular complexity index is 1180. The number of hydrogen-bond donors (Lipinski definition) is 1. The largest absolute Gasteiger partial charge is 0.347 e. The topological polar surface area (TPSA) is 103 Å². The minimum atomic E-state index is -3.08. The number of pyridine rings is 1. The van der Waals surface area contributed by atoms with Gasteiger partial charge in [-0.15, -0.1) is 0 Å². The second-order valence-electron chi connectivity index (χ2n) is 6.25. The minimum Gasteiger partial charge on any atom is -0.347 e. The summed E-state index contributed by atoms with van der Waals surface area (Å²) in [6.07, 6.45) is 2.03. The molecule has 0 aliphatic carbocycles. The Morgan fingerprint density at radius 1 is 1.36 bits per heavy atom. The molecule has 4 rings (SSSR count). The summed E-state index contributed by atoms with van der Waals surface area (Å²) in [5.41, 5.74) is 0.939. The Kier molecular flexibility index (Phi) is 3.43. The van der Waals surface area contributed by atoms with Gasteiger partial charge in [0.05, 0.1) is 16.9 Å². The predicted molar refractivity (Wildman–Crippen MR) is 92.5 cm³/mol. The smallest absolute Gasteiger partial charge is 0.268 e. The third-order valence-corrected chi connectivity index (χ3v) is 6.28. The lowest BCUT2D eigenvalue weighted by Gasteiger charge is -2.11. The monoisotopic (exact) mass is 360 g/mol. The molecule has 0 spiro atoms. The summed E-state index contributed by atoms with van der Waals surface area (Å²) in [6, 6.07) is 6.34. The quantitative estimate of drug-likeness (QED) is 0.698. The van der Waals surface area contributed by atoms with Crippen LogP contribution in [0.5, 0.6) is 0 Å². The maximum Gasteiger partial charge on any atom is 0.268 e. The van der Waals surface area contributed by atoms with Crippen LogP contribution in [0.1, 0.15) is 16.9 Å². The molecule has 1 fully saturated rings. The molecule has 1 atom stereocenters. The van der Waals surface area contributed by atoms with Crippen LogP contribution in [0, 0.1) is 0 Å². The summed E-state index contributed by atoms with van der Waals surface area (Å²) in [5.74, 6) is -0.370. The second-order valence-corrected chi connectivity index (χ2v) is 8.47. The van der Waals surface area contributed by atoms with Crippen molar-refractivity contribution in [3.63, 3.8) is 0 Å². The normalized spacial score (nSPS) is 19.5. The van der Waals surface area contributed by atoms with Crippen LogP contribution < -0.4 is 10.9 Å². The second kappa shape index (κ2) is 5.41. The van der Waals surface area contributed by atoms with Crippen LogP contribution in [0.25, 0.3) is 16.7 Å². The molecule has 1 amide bonds. The molecule has 0 radical (unpaired) electrons. The third kappa shape index (κ3) is 2.60. The Hall–Kier alpha value is -2.68. The fourth-order valence-corrected chi connectivity index (χ4v) is 4.88. The van der Waals surface area contributed by atoms with Crippen LogP contribution in [0.4, 0.5) is 0 Å². The number of carbonyl (C=O) groups excluding carboxylic acids is 1. The van der Waals surface area contributed by atoms with E-state index in [9.17, 15) is 18.0 Å². The van der Waals surface area contributed by atoms with E-state index in [4.69, 9.17) is 0 Å². The number of aryl methyl sites for hydroxylation is 1. The number of nitrogens with one attached hydrogen (secondary N) is 1. The summed E-state index contributed by atoms with van der Waals surface area (Å²) in [6.45, 7) is 0. The van der Waals surface area contributed by atoms with Crippen molar-refractivity contribution in [2.24, 2.45) is 7.05 Å². The third-order valence-electron chi connectivity index (χ3n) is 4.51. The maximum atomic E-state index is 12.6. The van der Waals surface area contributed by atoms with Crippen LogP contribution in [0.3, 0.4) is 0 Å². The van der Waals surface area contributed by atoms with Crippen molar-refractivity contribution in [1.29, 1.82) is 0 Å². The van der Waals surface area contributed by atoms with Crippen molar-refractivity contribution in [3.05, 3.63) is 46.5 Å². The highest BCUT2D eigenvalue weighted by molar-refractivity contribution is 7.91. The zero-order valence-corrected chi connectivity index (χ0v) is 14.3. The van der Waals surface area contributed by atoms with Gasteiger partial charge < -0.3 is 9.88 Å². The molecule has 3 aromatic heterocycles. The molecule has 1 aliphatic heterocycles. The SMILES string of the molecule is Cn1c(C(=O)NC2CCS(=O)(=O)C2)cc2c(=O)n3ccccc3nc21. The molecule has 8 nitrogen and oxygen atoms in total. The first-order valence-electron chi connectivity index (χ1n) is 7.84. The average molecular weight is 360 g/mol. The van der Waals surface area contributed by atoms with E-state index >= 15 is 0 Å². The lowest BCUT2D eigenvalue weighted by Crippen LogP contribution is -2.36. The van der Waals surface area contributed by atoms with E-state index in [1.807, 2.05) is 0 Å². The van der Waals surface area contributed by atoms with E-state index in [0.717, 1.165) is 0 Å². The van der Waals surface area contributed by atoms with E-state index in [1.165, 1.54) is 10.5 Å². The predicted octanol–water partition coefficient (Wildman–Crippen LogP) is 0.103. The zero-order chi connectivity index (χ0) is 17.8. The van der Waals surface area contributed by atoms with Crippen molar-refractivity contribution < 1.29 is 13.2 Å². The van der Waals surface area contributed by atoms with Gasteiger partial charge in [0.15, 0.2) is 9.84 Å². The summed E-state index contributed by atoms with van der Waals surface area (Å²) in [7, 11) is -1.42. The van der Waals surface area contributed by atoms with Crippen molar-refractivity contribution in [2.75, 3.05) is 11.5 Å². The lowest BCUT2D eigenvalue weighted by atomic mass is 10.2. The fourth-order valence-electron chi connectivity index (χ4n) is 3.21. The molecule has 3 aromatic rings. The minimum absolute atomic E-state index is 0.0481. The standard InChI is InChI=1S/C16H16N4O4S/c1-19-12(15(21)17-10-5-7-25(23,24)9-10)8-11-14(19)18-13-4-2-3-6-20(13)16(11)22/h2-4,6,8,10H,5,7,9H2,1H3,(H,17,21). The summed E-state index contributed by atoms with van der Waals surface area (Å²) in [4.78, 5) is 29.6. The molecule has 25 heavy (non-hydrogen) atoms. The van der Waals surface area contributed by atoms with Crippen LogP contribution in [0.2, 0.25) is 0 Å². The Morgan fingerprint density at radius 2 is 2.16 bits per heavy atom. The molecular formula is C16H16N4O4S. The average Bonchev–Trinajstić information content (AvgIpc) is 3.08. The molecule has 130 valence electrons. The van der Waals surface area contributed by atoms with E-state index in [2.05, 4.69) is 10.3 Å². The fraction of sp³-hybridized carbons (Fsp3) is 0.312. The molecule has 4 heterocycles. The van der Waals surface area contributed by atoms with Crippen molar-refractivity contribution in [3.8, 4) is 0 Å². The first kappa shape index (κ1) is 15.8. The van der Waals surface area contributed by atoms with Gasteiger partial charge in [0.2, 0.25) is 0 Å². The molecule has 1 saturated heterocycles. The number of fused-ring (bicyclic) bond motifs is 2. The molecular weight excluding hydrogens is 344 g/mol. The van der Waals surface area contributed by atoms with Gasteiger partial charge >= 0.3 is 0 Å². The van der Waals surface area contributed by atoms with E-state index in [0.29, 0.717) is 23.1 Å². The van der Waals surface area contributed by atoms with Gasteiger partial charge in [0.1, 0.15) is 17.0 Å². The van der Waals surface area contributed by atoms with Gasteiger partial charge in [-0.1, -0.05) is 6.07 Å². The number of amides is 1. The van der Waals surface area contributed by atoms with Gasteiger partial charge in [0.25, 0.3) is 11.5 Å². The highest BCUT2D eigenvalue weighted by atomic mass is 32.2. The first-order chi connectivity index (χ1) is 11.9. The van der Waals surface area contributed by atoms with E-state index < -0.39 is 21.8 Å². The Labute approximate surface area is 143 Å². The van der Waals surface area contributed by atoms with E-state index in [-0.39, 0.29) is 22.8 Å². The highest BCUT2D eigenvalue weighted by Gasteiger charge is 2.30. The number of carbonyl (C=O) groups is 1. The highest BCUT2D eigenvalue weighted by Crippen LogP contribution is 2.16. The van der Waals surface area contributed by atoms with Gasteiger partial charge in [-0.3, -0.25) is 14.0 Å². The van der Waals surface area contributed by atoms with Crippen LogP contribution in [-0.4, -0.2) is 45.8 Å². The van der Waals surface area contributed by atoms with Gasteiger partial charge in [0, 0.05) is 19.3 Å². The molecule has 9 heteroatoms. The number of aromatic nitrogens is 3. The maximum absolute atomic E-state index is 12.6.